The Morgan fingerprint density at radius 3 is 1.93 bits per heavy atom. The highest BCUT2D eigenvalue weighted by Crippen LogP contribution is 2.24. The molecule has 0 rings (SSSR count). The zero-order valence-electron chi connectivity index (χ0n) is 9.87. The Bertz CT molecular complexity index is 206. The van der Waals surface area contributed by atoms with Gasteiger partial charge in [0.1, 0.15) is 0 Å². The van der Waals surface area contributed by atoms with Crippen LogP contribution in [-0.2, 0) is 4.79 Å². The van der Waals surface area contributed by atoms with Crippen LogP contribution in [0.4, 0.5) is 0 Å². The maximum Gasteiger partial charge on any atom is 0.330 e. The molecule has 2 nitrogen and oxygen atoms in total. The summed E-state index contributed by atoms with van der Waals surface area (Å²) < 4.78 is 0. The summed E-state index contributed by atoms with van der Waals surface area (Å²) in [7, 11) is 0. The molecule has 0 saturated carbocycles. The van der Waals surface area contributed by atoms with Crippen molar-refractivity contribution in [3.8, 4) is 0 Å². The highest BCUT2D eigenvalue weighted by molar-refractivity contribution is 5.85. The van der Waals surface area contributed by atoms with Gasteiger partial charge in [0.2, 0.25) is 0 Å². The number of hydrogen-bond donors (Lipinski definition) is 1. The van der Waals surface area contributed by atoms with Crippen molar-refractivity contribution < 1.29 is 9.90 Å². The van der Waals surface area contributed by atoms with E-state index in [2.05, 4.69) is 27.7 Å². The smallest absolute Gasteiger partial charge is 0.330 e. The SMILES string of the molecule is CC(=CCC(C(C)C)C(C)C)C(=O)O. The first-order valence-electron chi connectivity index (χ1n) is 5.26. The predicted octanol–water partition coefficient (Wildman–Crippen LogP) is 3.34. The van der Waals surface area contributed by atoms with Gasteiger partial charge in [-0.25, -0.2) is 4.79 Å². The summed E-state index contributed by atoms with van der Waals surface area (Å²) in [6.07, 6.45) is 2.71. The fraction of sp³-hybridized carbons (Fsp3) is 0.750. The number of carboxylic acid groups (broad SMARTS) is 1. The van der Waals surface area contributed by atoms with E-state index in [-0.39, 0.29) is 0 Å². The second kappa shape index (κ2) is 5.84. The summed E-state index contributed by atoms with van der Waals surface area (Å²) in [6.45, 7) is 10.4. The topological polar surface area (TPSA) is 37.3 Å². The molecule has 0 aromatic rings. The van der Waals surface area contributed by atoms with E-state index < -0.39 is 5.97 Å². The first-order chi connectivity index (χ1) is 6.36. The summed E-state index contributed by atoms with van der Waals surface area (Å²) in [4.78, 5) is 10.6. The second-order valence-corrected chi connectivity index (χ2v) is 4.58. The molecule has 0 radical (unpaired) electrons. The number of rotatable bonds is 5. The van der Waals surface area contributed by atoms with E-state index in [0.717, 1.165) is 6.42 Å². The van der Waals surface area contributed by atoms with Crippen molar-refractivity contribution in [1.82, 2.24) is 0 Å². The van der Waals surface area contributed by atoms with Crippen molar-refractivity contribution in [2.75, 3.05) is 0 Å². The molecule has 0 aliphatic carbocycles. The van der Waals surface area contributed by atoms with E-state index in [1.54, 1.807) is 6.92 Å². The minimum Gasteiger partial charge on any atom is -0.478 e. The molecule has 0 saturated heterocycles. The Morgan fingerprint density at radius 1 is 1.21 bits per heavy atom. The lowest BCUT2D eigenvalue weighted by atomic mass is 9.83. The Labute approximate surface area is 87.0 Å². The van der Waals surface area contributed by atoms with Gasteiger partial charge in [0.15, 0.2) is 0 Å². The molecule has 0 atom stereocenters. The molecule has 0 bridgehead atoms. The molecule has 0 heterocycles. The van der Waals surface area contributed by atoms with E-state index in [0.29, 0.717) is 23.3 Å². The van der Waals surface area contributed by atoms with Crippen LogP contribution in [0.5, 0.6) is 0 Å². The summed E-state index contributed by atoms with van der Waals surface area (Å²) in [5.74, 6) is 0.973. The van der Waals surface area contributed by atoms with Gasteiger partial charge in [-0.1, -0.05) is 33.8 Å². The maximum atomic E-state index is 10.6. The van der Waals surface area contributed by atoms with Gasteiger partial charge in [-0.2, -0.15) is 0 Å². The van der Waals surface area contributed by atoms with Crippen LogP contribution in [0.15, 0.2) is 11.6 Å². The molecule has 14 heavy (non-hydrogen) atoms. The van der Waals surface area contributed by atoms with E-state index in [4.69, 9.17) is 5.11 Å². The first kappa shape index (κ1) is 13.2. The van der Waals surface area contributed by atoms with Gasteiger partial charge in [-0.15, -0.1) is 0 Å². The van der Waals surface area contributed by atoms with Crippen LogP contribution in [0.1, 0.15) is 41.0 Å². The Morgan fingerprint density at radius 2 is 1.64 bits per heavy atom. The fourth-order valence-corrected chi connectivity index (χ4v) is 1.71. The largest absolute Gasteiger partial charge is 0.478 e. The predicted molar refractivity (Wildman–Crippen MR) is 59.2 cm³/mol. The second-order valence-electron chi connectivity index (χ2n) is 4.58. The third kappa shape index (κ3) is 4.45. The molecule has 0 aliphatic heterocycles. The molecule has 0 spiro atoms. The van der Waals surface area contributed by atoms with E-state index >= 15 is 0 Å². The van der Waals surface area contributed by atoms with Crippen molar-refractivity contribution in [2.24, 2.45) is 17.8 Å². The van der Waals surface area contributed by atoms with Gasteiger partial charge < -0.3 is 5.11 Å². The molecule has 0 aromatic carbocycles. The molecule has 82 valence electrons. The molecule has 1 N–H and O–H groups in total. The van der Waals surface area contributed by atoms with Crippen LogP contribution in [0.2, 0.25) is 0 Å². The van der Waals surface area contributed by atoms with Crippen LogP contribution in [0, 0.1) is 17.8 Å². The zero-order valence-corrected chi connectivity index (χ0v) is 9.87. The minimum atomic E-state index is -0.809. The lowest BCUT2D eigenvalue weighted by molar-refractivity contribution is -0.132. The fourth-order valence-electron chi connectivity index (χ4n) is 1.71. The van der Waals surface area contributed by atoms with Gasteiger partial charge in [0.25, 0.3) is 0 Å². The monoisotopic (exact) mass is 198 g/mol. The van der Waals surface area contributed by atoms with Gasteiger partial charge in [0, 0.05) is 5.57 Å². The summed E-state index contributed by atoms with van der Waals surface area (Å²) in [5.41, 5.74) is 0.455. The summed E-state index contributed by atoms with van der Waals surface area (Å²) in [5, 5.41) is 8.70. The minimum absolute atomic E-state index is 0.455. The summed E-state index contributed by atoms with van der Waals surface area (Å²) in [6, 6.07) is 0. The number of allylic oxidation sites excluding steroid dienone is 1. The lowest BCUT2D eigenvalue weighted by Gasteiger charge is -2.23. The number of carboxylic acids is 1. The third-order valence-electron chi connectivity index (χ3n) is 2.75. The van der Waals surface area contributed by atoms with Crippen molar-refractivity contribution in [1.29, 1.82) is 0 Å². The van der Waals surface area contributed by atoms with E-state index in [1.807, 2.05) is 6.08 Å². The van der Waals surface area contributed by atoms with Gasteiger partial charge in [-0.05, 0) is 31.1 Å². The van der Waals surface area contributed by atoms with Crippen molar-refractivity contribution in [2.45, 2.75) is 41.0 Å². The molecule has 0 aliphatic rings. The molecule has 0 fully saturated rings. The molecule has 0 amide bonds. The number of carbonyl (C=O) groups is 1. The zero-order chi connectivity index (χ0) is 11.3. The average molecular weight is 198 g/mol. The van der Waals surface area contributed by atoms with Crippen molar-refractivity contribution in [3.05, 3.63) is 11.6 Å². The average Bonchev–Trinajstić information content (AvgIpc) is 2.02. The molecular weight excluding hydrogens is 176 g/mol. The molecule has 2 heteroatoms. The van der Waals surface area contributed by atoms with Crippen LogP contribution < -0.4 is 0 Å². The van der Waals surface area contributed by atoms with E-state index in [1.165, 1.54) is 0 Å². The number of hydrogen-bond acceptors (Lipinski definition) is 1. The quantitative estimate of drug-likeness (QED) is 0.688. The highest BCUT2D eigenvalue weighted by atomic mass is 16.4. The van der Waals surface area contributed by atoms with E-state index in [9.17, 15) is 4.79 Å². The molecule has 0 unspecified atom stereocenters. The van der Waals surface area contributed by atoms with Crippen LogP contribution >= 0.6 is 0 Å². The van der Waals surface area contributed by atoms with Crippen molar-refractivity contribution >= 4 is 5.97 Å². The maximum absolute atomic E-state index is 10.6. The third-order valence-corrected chi connectivity index (χ3v) is 2.75. The first-order valence-corrected chi connectivity index (χ1v) is 5.26. The van der Waals surface area contributed by atoms with Crippen LogP contribution in [-0.4, -0.2) is 11.1 Å². The molecule has 0 aromatic heterocycles. The Hall–Kier alpha value is -0.790. The van der Waals surface area contributed by atoms with Crippen LogP contribution in [0.25, 0.3) is 0 Å². The number of aliphatic carboxylic acids is 1. The lowest BCUT2D eigenvalue weighted by Crippen LogP contribution is -2.15. The summed E-state index contributed by atoms with van der Waals surface area (Å²) >= 11 is 0. The molecular formula is C12H22O2. The Balaban J connectivity index is 4.33. The van der Waals surface area contributed by atoms with Gasteiger partial charge >= 0.3 is 5.97 Å². The van der Waals surface area contributed by atoms with Crippen LogP contribution in [0.3, 0.4) is 0 Å². The Kier molecular flexibility index (Phi) is 5.51. The van der Waals surface area contributed by atoms with Crippen molar-refractivity contribution in [3.63, 3.8) is 0 Å². The standard InChI is InChI=1S/C12H22O2/c1-8(2)11(9(3)4)7-6-10(5)12(13)14/h6,8-9,11H,7H2,1-5H3,(H,13,14). The van der Waals surface area contributed by atoms with Gasteiger partial charge in [0.05, 0.1) is 0 Å². The van der Waals surface area contributed by atoms with Gasteiger partial charge in [-0.3, -0.25) is 0 Å². The normalized spacial score (nSPS) is 13.0. The highest BCUT2D eigenvalue weighted by Gasteiger charge is 2.16.